The molecule has 1 heterocycles. The molecule has 3 N–H and O–H groups in total. The molecule has 2 rings (SSSR count). The van der Waals surface area contributed by atoms with Crippen LogP contribution in [-0.4, -0.2) is 58.6 Å². The van der Waals surface area contributed by atoms with Crippen molar-refractivity contribution in [1.29, 1.82) is 0 Å². The van der Waals surface area contributed by atoms with E-state index in [9.17, 15) is 4.79 Å². The molecule has 8 heteroatoms. The highest BCUT2D eigenvalue weighted by Crippen LogP contribution is 2.30. The SMILES string of the molecule is Cl.NCCOCCOCCNC(=O)/C=C/c1ccc2c(c1)OCCO2. The summed E-state index contributed by atoms with van der Waals surface area (Å²) in [6.45, 7) is 4.02. The van der Waals surface area contributed by atoms with Crippen molar-refractivity contribution in [3.05, 3.63) is 29.8 Å². The Morgan fingerprint density at radius 2 is 1.84 bits per heavy atom. The summed E-state index contributed by atoms with van der Waals surface area (Å²) in [5.41, 5.74) is 6.17. The summed E-state index contributed by atoms with van der Waals surface area (Å²) < 4.78 is 21.4. The second-order valence-electron chi connectivity index (χ2n) is 5.04. The molecule has 0 radical (unpaired) electrons. The van der Waals surface area contributed by atoms with Crippen molar-refractivity contribution in [2.75, 3.05) is 52.7 Å². The third-order valence-corrected chi connectivity index (χ3v) is 3.17. The van der Waals surface area contributed by atoms with Gasteiger partial charge in [0.2, 0.25) is 5.91 Å². The lowest BCUT2D eigenvalue weighted by molar-refractivity contribution is -0.116. The molecule has 1 aliphatic rings. The third-order valence-electron chi connectivity index (χ3n) is 3.17. The predicted molar refractivity (Wildman–Crippen MR) is 97.4 cm³/mol. The first-order valence-corrected chi connectivity index (χ1v) is 8.00. The van der Waals surface area contributed by atoms with E-state index in [4.69, 9.17) is 24.7 Å². The minimum absolute atomic E-state index is 0. The fourth-order valence-corrected chi connectivity index (χ4v) is 2.05. The lowest BCUT2D eigenvalue weighted by Gasteiger charge is -2.18. The van der Waals surface area contributed by atoms with Gasteiger partial charge in [0.15, 0.2) is 11.5 Å². The first-order chi connectivity index (χ1) is 11.8. The number of hydrogen-bond donors (Lipinski definition) is 2. The van der Waals surface area contributed by atoms with E-state index >= 15 is 0 Å². The number of amides is 1. The van der Waals surface area contributed by atoms with E-state index in [1.54, 1.807) is 6.08 Å². The van der Waals surface area contributed by atoms with Crippen LogP contribution in [0.15, 0.2) is 24.3 Å². The highest BCUT2D eigenvalue weighted by atomic mass is 35.5. The normalized spacial score (nSPS) is 12.7. The summed E-state index contributed by atoms with van der Waals surface area (Å²) in [5, 5.41) is 2.75. The second-order valence-corrected chi connectivity index (χ2v) is 5.04. The van der Waals surface area contributed by atoms with Crippen LogP contribution in [0, 0.1) is 0 Å². The van der Waals surface area contributed by atoms with Crippen LogP contribution in [0.5, 0.6) is 11.5 Å². The average molecular weight is 373 g/mol. The van der Waals surface area contributed by atoms with Gasteiger partial charge < -0.3 is 30.0 Å². The number of rotatable bonds is 10. The van der Waals surface area contributed by atoms with E-state index in [1.807, 2.05) is 18.2 Å². The van der Waals surface area contributed by atoms with Gasteiger partial charge in [0, 0.05) is 19.2 Å². The average Bonchev–Trinajstić information content (AvgIpc) is 2.62. The van der Waals surface area contributed by atoms with Gasteiger partial charge in [-0.2, -0.15) is 0 Å². The Hall–Kier alpha value is -1.80. The van der Waals surface area contributed by atoms with Gasteiger partial charge in [-0.15, -0.1) is 12.4 Å². The maximum Gasteiger partial charge on any atom is 0.244 e. The molecule has 7 nitrogen and oxygen atoms in total. The third kappa shape index (κ3) is 8.22. The van der Waals surface area contributed by atoms with Crippen LogP contribution in [0.4, 0.5) is 0 Å². The standard InChI is InChI=1S/C17H24N2O5.ClH/c18-5-7-21-9-10-22-8-6-19-17(20)4-2-14-1-3-15-16(13-14)24-12-11-23-15;/h1-4,13H,5-12,18H2,(H,19,20);1H/b4-2+;. The van der Waals surface area contributed by atoms with Crippen molar-refractivity contribution in [2.45, 2.75) is 0 Å². The van der Waals surface area contributed by atoms with E-state index in [1.165, 1.54) is 6.08 Å². The Morgan fingerprint density at radius 1 is 1.12 bits per heavy atom. The van der Waals surface area contributed by atoms with Crippen LogP contribution in [-0.2, 0) is 14.3 Å². The Morgan fingerprint density at radius 3 is 2.60 bits per heavy atom. The van der Waals surface area contributed by atoms with Crippen molar-refractivity contribution in [3.63, 3.8) is 0 Å². The Balaban J connectivity index is 0.00000312. The topological polar surface area (TPSA) is 92.0 Å². The number of benzene rings is 1. The Labute approximate surface area is 153 Å². The van der Waals surface area contributed by atoms with Gasteiger partial charge >= 0.3 is 0 Å². The van der Waals surface area contributed by atoms with Crippen LogP contribution in [0.25, 0.3) is 6.08 Å². The fourth-order valence-electron chi connectivity index (χ4n) is 2.05. The summed E-state index contributed by atoms with van der Waals surface area (Å²) >= 11 is 0. The maximum atomic E-state index is 11.7. The molecule has 0 saturated heterocycles. The highest BCUT2D eigenvalue weighted by molar-refractivity contribution is 5.91. The summed E-state index contributed by atoms with van der Waals surface area (Å²) in [5.74, 6) is 1.26. The largest absolute Gasteiger partial charge is 0.486 e. The predicted octanol–water partition coefficient (Wildman–Crippen LogP) is 1.00. The van der Waals surface area contributed by atoms with Crippen LogP contribution in [0.3, 0.4) is 0 Å². The first-order valence-electron chi connectivity index (χ1n) is 8.00. The molecule has 25 heavy (non-hydrogen) atoms. The summed E-state index contributed by atoms with van der Waals surface area (Å²) in [7, 11) is 0. The zero-order valence-electron chi connectivity index (χ0n) is 14.1. The summed E-state index contributed by atoms with van der Waals surface area (Å²) in [6.07, 6.45) is 3.21. The molecule has 0 saturated carbocycles. The number of carbonyl (C=O) groups is 1. The smallest absolute Gasteiger partial charge is 0.244 e. The first kappa shape index (κ1) is 21.2. The van der Waals surface area contributed by atoms with Gasteiger partial charge in [0.25, 0.3) is 0 Å². The van der Waals surface area contributed by atoms with Crippen molar-refractivity contribution < 1.29 is 23.7 Å². The van der Waals surface area contributed by atoms with Gasteiger partial charge in [-0.05, 0) is 23.8 Å². The molecule has 1 aromatic carbocycles. The molecule has 1 aromatic rings. The van der Waals surface area contributed by atoms with E-state index in [0.717, 1.165) is 11.3 Å². The molecule has 0 fully saturated rings. The maximum absolute atomic E-state index is 11.7. The summed E-state index contributed by atoms with van der Waals surface area (Å²) in [6, 6.07) is 5.57. The van der Waals surface area contributed by atoms with Crippen molar-refractivity contribution >= 4 is 24.4 Å². The fraction of sp³-hybridized carbons (Fsp3) is 0.471. The van der Waals surface area contributed by atoms with Crippen molar-refractivity contribution in [3.8, 4) is 11.5 Å². The number of ether oxygens (including phenoxy) is 4. The minimum Gasteiger partial charge on any atom is -0.486 e. The van der Waals surface area contributed by atoms with E-state index < -0.39 is 0 Å². The molecule has 140 valence electrons. The minimum atomic E-state index is -0.173. The second kappa shape index (κ2) is 12.5. The number of hydrogen-bond acceptors (Lipinski definition) is 6. The van der Waals surface area contributed by atoms with Gasteiger partial charge in [-0.1, -0.05) is 6.07 Å². The lowest BCUT2D eigenvalue weighted by atomic mass is 10.2. The van der Waals surface area contributed by atoms with Gasteiger partial charge in [-0.3, -0.25) is 4.79 Å². The van der Waals surface area contributed by atoms with E-state index in [2.05, 4.69) is 5.32 Å². The number of nitrogens with two attached hydrogens (primary N) is 1. The number of fused-ring (bicyclic) bond motifs is 1. The molecule has 0 aliphatic carbocycles. The quantitative estimate of drug-likeness (QED) is 0.470. The molecule has 0 spiro atoms. The zero-order valence-corrected chi connectivity index (χ0v) is 14.9. The lowest BCUT2D eigenvalue weighted by Crippen LogP contribution is -2.26. The van der Waals surface area contributed by atoms with Gasteiger partial charge in [0.1, 0.15) is 13.2 Å². The van der Waals surface area contributed by atoms with Crippen LogP contribution in [0.1, 0.15) is 5.56 Å². The van der Waals surface area contributed by atoms with Crippen LogP contribution >= 0.6 is 12.4 Å². The highest BCUT2D eigenvalue weighted by Gasteiger charge is 2.10. The monoisotopic (exact) mass is 372 g/mol. The van der Waals surface area contributed by atoms with Gasteiger partial charge in [-0.25, -0.2) is 0 Å². The number of carbonyl (C=O) groups excluding carboxylic acids is 1. The Kier molecular flexibility index (Phi) is 10.7. The van der Waals surface area contributed by atoms with E-state index in [-0.39, 0.29) is 18.3 Å². The Bertz CT molecular complexity index is 554. The number of nitrogens with one attached hydrogen (secondary N) is 1. The molecular formula is C17H25ClN2O5. The zero-order chi connectivity index (χ0) is 17.0. The molecule has 0 bridgehead atoms. The number of halogens is 1. The molecule has 1 amide bonds. The molecule has 1 aliphatic heterocycles. The van der Waals surface area contributed by atoms with Crippen LogP contribution in [0.2, 0.25) is 0 Å². The molecule has 0 atom stereocenters. The molecular weight excluding hydrogens is 348 g/mol. The van der Waals surface area contributed by atoms with Gasteiger partial charge in [0.05, 0.1) is 26.4 Å². The summed E-state index contributed by atoms with van der Waals surface area (Å²) in [4.78, 5) is 11.7. The van der Waals surface area contributed by atoms with Crippen molar-refractivity contribution in [2.24, 2.45) is 5.73 Å². The molecule has 0 unspecified atom stereocenters. The molecule has 0 aromatic heterocycles. The van der Waals surface area contributed by atoms with Crippen LogP contribution < -0.4 is 20.5 Å². The van der Waals surface area contributed by atoms with E-state index in [0.29, 0.717) is 58.5 Å². The van der Waals surface area contributed by atoms with Crippen molar-refractivity contribution in [1.82, 2.24) is 5.32 Å².